The first kappa shape index (κ1) is 18.4. The molecule has 3 rings (SSSR count). The maximum absolute atomic E-state index is 12.7. The third kappa shape index (κ3) is 4.84. The van der Waals surface area contributed by atoms with Crippen molar-refractivity contribution in [1.82, 2.24) is 4.98 Å². The topological polar surface area (TPSA) is 54.0 Å². The number of carbonyl (C=O) groups excluding carboxylic acids is 1. The van der Waals surface area contributed by atoms with E-state index in [2.05, 4.69) is 15.6 Å². The molecule has 0 aliphatic carbocycles. The van der Waals surface area contributed by atoms with E-state index in [0.29, 0.717) is 5.69 Å². The zero-order valence-corrected chi connectivity index (χ0v) is 14.3. The molecule has 0 saturated heterocycles. The van der Waals surface area contributed by atoms with Crippen LogP contribution in [0, 0.1) is 6.92 Å². The van der Waals surface area contributed by atoms with Crippen LogP contribution in [0.15, 0.2) is 66.9 Å². The molecule has 7 heteroatoms. The second-order valence-electron chi connectivity index (χ2n) is 5.92. The number of rotatable bonds is 3. The van der Waals surface area contributed by atoms with E-state index >= 15 is 0 Å². The fourth-order valence-electron chi connectivity index (χ4n) is 2.54. The number of aryl methyl sites for hydroxylation is 1. The van der Waals surface area contributed by atoms with Crippen LogP contribution in [0.5, 0.6) is 0 Å². The van der Waals surface area contributed by atoms with E-state index in [9.17, 15) is 18.0 Å². The molecule has 0 atom stereocenters. The molecule has 0 unspecified atom stereocenters. The number of anilines is 2. The SMILES string of the molecule is Cc1cc(-c2ccc(NC(=O)Nc3cccc(C(F)(F)F)c3)cc2)ccn1. The first-order valence-corrected chi connectivity index (χ1v) is 8.09. The summed E-state index contributed by atoms with van der Waals surface area (Å²) in [5.74, 6) is 0. The van der Waals surface area contributed by atoms with Crippen molar-refractivity contribution >= 4 is 17.4 Å². The Balaban J connectivity index is 1.66. The van der Waals surface area contributed by atoms with Crippen LogP contribution in [-0.4, -0.2) is 11.0 Å². The maximum Gasteiger partial charge on any atom is 0.416 e. The molecule has 2 aromatic carbocycles. The number of nitrogens with one attached hydrogen (secondary N) is 2. The average molecular weight is 371 g/mol. The van der Waals surface area contributed by atoms with E-state index in [1.165, 1.54) is 12.1 Å². The highest BCUT2D eigenvalue weighted by molar-refractivity contribution is 5.99. The molecule has 1 aromatic heterocycles. The Bertz CT molecular complexity index is 953. The van der Waals surface area contributed by atoms with Crippen LogP contribution in [0.3, 0.4) is 0 Å². The fraction of sp³-hybridized carbons (Fsp3) is 0.100. The lowest BCUT2D eigenvalue weighted by molar-refractivity contribution is -0.137. The van der Waals surface area contributed by atoms with Crippen molar-refractivity contribution in [3.63, 3.8) is 0 Å². The monoisotopic (exact) mass is 371 g/mol. The normalized spacial score (nSPS) is 11.1. The Hall–Kier alpha value is -3.35. The summed E-state index contributed by atoms with van der Waals surface area (Å²) in [5.41, 5.74) is 2.62. The third-order valence-corrected chi connectivity index (χ3v) is 3.82. The van der Waals surface area contributed by atoms with Gasteiger partial charge in [0.2, 0.25) is 0 Å². The number of urea groups is 1. The lowest BCUT2D eigenvalue weighted by Crippen LogP contribution is -2.19. The van der Waals surface area contributed by atoms with E-state index in [1.807, 2.05) is 31.2 Å². The van der Waals surface area contributed by atoms with Crippen LogP contribution in [0.4, 0.5) is 29.3 Å². The number of hydrogen-bond donors (Lipinski definition) is 2. The van der Waals surface area contributed by atoms with Gasteiger partial charge in [0.1, 0.15) is 0 Å². The van der Waals surface area contributed by atoms with Gasteiger partial charge in [-0.25, -0.2) is 4.79 Å². The second kappa shape index (κ2) is 7.49. The van der Waals surface area contributed by atoms with E-state index in [0.717, 1.165) is 29.0 Å². The summed E-state index contributed by atoms with van der Waals surface area (Å²) in [6, 6.07) is 14.8. The number of amides is 2. The predicted molar refractivity (Wildman–Crippen MR) is 98.5 cm³/mol. The first-order chi connectivity index (χ1) is 12.8. The van der Waals surface area contributed by atoms with Crippen LogP contribution in [-0.2, 0) is 6.18 Å². The summed E-state index contributed by atoms with van der Waals surface area (Å²) in [4.78, 5) is 16.2. The van der Waals surface area contributed by atoms with Crippen LogP contribution in [0.2, 0.25) is 0 Å². The minimum atomic E-state index is -4.46. The van der Waals surface area contributed by atoms with Crippen molar-refractivity contribution in [2.24, 2.45) is 0 Å². The molecule has 2 N–H and O–H groups in total. The van der Waals surface area contributed by atoms with Gasteiger partial charge in [-0.3, -0.25) is 4.98 Å². The number of aromatic nitrogens is 1. The number of alkyl halides is 3. The lowest BCUT2D eigenvalue weighted by Gasteiger charge is -2.11. The highest BCUT2D eigenvalue weighted by Crippen LogP contribution is 2.30. The summed E-state index contributed by atoms with van der Waals surface area (Å²) in [6.07, 6.45) is -2.74. The van der Waals surface area contributed by atoms with E-state index in [4.69, 9.17) is 0 Å². The Morgan fingerprint density at radius 2 is 1.59 bits per heavy atom. The molecule has 0 aliphatic heterocycles. The Labute approximate surface area is 154 Å². The van der Waals surface area contributed by atoms with Gasteiger partial charge in [-0.15, -0.1) is 0 Å². The number of carbonyl (C=O) groups is 1. The molecule has 0 spiro atoms. The number of benzene rings is 2. The molecule has 3 aromatic rings. The number of halogens is 3. The molecule has 0 saturated carbocycles. The van der Waals surface area contributed by atoms with Crippen molar-refractivity contribution in [2.45, 2.75) is 13.1 Å². The number of hydrogen-bond acceptors (Lipinski definition) is 2. The summed E-state index contributed by atoms with van der Waals surface area (Å²) in [5, 5.41) is 4.99. The molecule has 0 bridgehead atoms. The van der Waals surface area contributed by atoms with Gasteiger partial charge < -0.3 is 10.6 Å². The largest absolute Gasteiger partial charge is 0.416 e. The molecule has 138 valence electrons. The molecule has 2 amide bonds. The second-order valence-corrected chi connectivity index (χ2v) is 5.92. The standard InChI is InChI=1S/C20H16F3N3O/c1-13-11-15(9-10-24-13)14-5-7-17(8-6-14)25-19(27)26-18-4-2-3-16(12-18)20(21,22)23/h2-12H,1H3,(H2,25,26,27). The van der Waals surface area contributed by atoms with E-state index < -0.39 is 17.8 Å². The Morgan fingerprint density at radius 3 is 2.26 bits per heavy atom. The van der Waals surface area contributed by atoms with Gasteiger partial charge in [-0.2, -0.15) is 13.2 Å². The van der Waals surface area contributed by atoms with Crippen LogP contribution in [0.25, 0.3) is 11.1 Å². The smallest absolute Gasteiger partial charge is 0.308 e. The molecule has 27 heavy (non-hydrogen) atoms. The Morgan fingerprint density at radius 1 is 0.889 bits per heavy atom. The summed E-state index contributed by atoms with van der Waals surface area (Å²) in [7, 11) is 0. The predicted octanol–water partition coefficient (Wildman–Crippen LogP) is 5.72. The fourth-order valence-corrected chi connectivity index (χ4v) is 2.54. The third-order valence-electron chi connectivity index (χ3n) is 3.82. The van der Waals surface area contributed by atoms with Crippen molar-refractivity contribution in [3.8, 4) is 11.1 Å². The van der Waals surface area contributed by atoms with Crippen molar-refractivity contribution in [1.29, 1.82) is 0 Å². The van der Waals surface area contributed by atoms with Gasteiger partial charge in [0, 0.05) is 23.3 Å². The van der Waals surface area contributed by atoms with Gasteiger partial charge in [-0.05, 0) is 60.5 Å². The minimum absolute atomic E-state index is 0.0613. The molecule has 0 aliphatic rings. The molecule has 0 fully saturated rings. The van der Waals surface area contributed by atoms with E-state index in [-0.39, 0.29) is 5.69 Å². The molecule has 0 radical (unpaired) electrons. The van der Waals surface area contributed by atoms with Crippen molar-refractivity contribution in [2.75, 3.05) is 10.6 Å². The molecular formula is C20H16F3N3O. The molecule has 1 heterocycles. The maximum atomic E-state index is 12.7. The summed E-state index contributed by atoms with van der Waals surface area (Å²) >= 11 is 0. The van der Waals surface area contributed by atoms with Crippen LogP contribution in [0.1, 0.15) is 11.3 Å². The van der Waals surface area contributed by atoms with Crippen molar-refractivity contribution in [3.05, 3.63) is 78.1 Å². The van der Waals surface area contributed by atoms with Gasteiger partial charge in [-0.1, -0.05) is 18.2 Å². The highest BCUT2D eigenvalue weighted by Gasteiger charge is 2.30. The summed E-state index contributed by atoms with van der Waals surface area (Å²) < 4.78 is 38.2. The number of pyridine rings is 1. The van der Waals surface area contributed by atoms with Crippen LogP contribution >= 0.6 is 0 Å². The van der Waals surface area contributed by atoms with Gasteiger partial charge in [0.15, 0.2) is 0 Å². The van der Waals surface area contributed by atoms with Gasteiger partial charge in [0.25, 0.3) is 0 Å². The number of nitrogens with zero attached hydrogens (tertiary/aromatic N) is 1. The van der Waals surface area contributed by atoms with Crippen molar-refractivity contribution < 1.29 is 18.0 Å². The van der Waals surface area contributed by atoms with Crippen LogP contribution < -0.4 is 10.6 Å². The zero-order chi connectivity index (χ0) is 19.4. The summed E-state index contributed by atoms with van der Waals surface area (Å²) in [6.45, 7) is 1.90. The molecular weight excluding hydrogens is 355 g/mol. The highest BCUT2D eigenvalue weighted by atomic mass is 19.4. The molecule has 4 nitrogen and oxygen atoms in total. The average Bonchev–Trinajstić information content (AvgIpc) is 2.62. The minimum Gasteiger partial charge on any atom is -0.308 e. The lowest BCUT2D eigenvalue weighted by atomic mass is 10.1. The van der Waals surface area contributed by atoms with E-state index in [1.54, 1.807) is 18.3 Å². The zero-order valence-electron chi connectivity index (χ0n) is 14.3. The first-order valence-electron chi connectivity index (χ1n) is 8.09. The Kier molecular flexibility index (Phi) is 5.12. The quantitative estimate of drug-likeness (QED) is 0.619. The van der Waals surface area contributed by atoms with Gasteiger partial charge >= 0.3 is 12.2 Å². The van der Waals surface area contributed by atoms with Gasteiger partial charge in [0.05, 0.1) is 5.56 Å².